The molecule has 36 heavy (non-hydrogen) atoms. The molecule has 1 aliphatic carbocycles. The van der Waals surface area contributed by atoms with E-state index in [1.54, 1.807) is 30.3 Å². The number of nitrogens with two attached hydrogens (primary N) is 1. The monoisotopic (exact) mass is 484 g/mol. The highest BCUT2D eigenvalue weighted by atomic mass is 19.1. The van der Waals surface area contributed by atoms with Gasteiger partial charge in [-0.05, 0) is 66.9 Å². The summed E-state index contributed by atoms with van der Waals surface area (Å²) in [6, 6.07) is 17.8. The Morgan fingerprint density at radius 1 is 1.14 bits per heavy atom. The molecule has 4 aromatic rings. The van der Waals surface area contributed by atoms with E-state index in [4.69, 9.17) is 11.1 Å². The van der Waals surface area contributed by atoms with Crippen LogP contribution in [0, 0.1) is 22.6 Å². The Balaban J connectivity index is 1.95. The van der Waals surface area contributed by atoms with Crippen molar-refractivity contribution in [2.75, 3.05) is 5.73 Å². The number of hydrogen-bond acceptors (Lipinski definition) is 4. The summed E-state index contributed by atoms with van der Waals surface area (Å²) >= 11 is 0. The first-order valence-corrected chi connectivity index (χ1v) is 11.5. The molecule has 0 spiro atoms. The molecule has 180 valence electrons. The number of benzene rings is 3. The molecule has 5 rings (SSSR count). The zero-order chi connectivity index (χ0) is 25.6. The molecule has 4 N–H and O–H groups in total. The van der Waals surface area contributed by atoms with Crippen LogP contribution in [0.4, 0.5) is 14.5 Å². The van der Waals surface area contributed by atoms with Gasteiger partial charge in [-0.1, -0.05) is 18.6 Å². The second-order valence-electron chi connectivity index (χ2n) is 9.16. The Labute approximate surface area is 205 Å². The zero-order valence-electron chi connectivity index (χ0n) is 19.2. The lowest BCUT2D eigenvalue weighted by molar-refractivity contribution is 0.0697. The molecule has 8 heteroatoms. The molecular formula is C28H22F2N4O2. The molecule has 0 unspecified atom stereocenters. The molecule has 0 atom stereocenters. The molecule has 3 aromatic carbocycles. The molecule has 0 saturated heterocycles. The molecule has 1 aromatic heterocycles. The summed E-state index contributed by atoms with van der Waals surface area (Å²) in [4.78, 5) is 11.4. The van der Waals surface area contributed by atoms with Gasteiger partial charge in [0, 0.05) is 39.9 Å². The minimum Gasteiger partial charge on any atom is -0.478 e. The van der Waals surface area contributed by atoms with Crippen molar-refractivity contribution in [2.45, 2.75) is 31.1 Å². The summed E-state index contributed by atoms with van der Waals surface area (Å²) in [5, 5.41) is 27.4. The van der Waals surface area contributed by atoms with E-state index < -0.39 is 23.2 Å². The quantitative estimate of drug-likeness (QED) is 0.218. The highest BCUT2D eigenvalue weighted by molar-refractivity contribution is 6.07. The predicted molar refractivity (Wildman–Crippen MR) is 134 cm³/mol. The Morgan fingerprint density at radius 3 is 2.33 bits per heavy atom. The predicted octanol–water partition coefficient (Wildman–Crippen LogP) is 6.35. The lowest BCUT2D eigenvalue weighted by atomic mass is 9.63. The van der Waals surface area contributed by atoms with Crippen LogP contribution in [0.2, 0.25) is 0 Å². The van der Waals surface area contributed by atoms with Gasteiger partial charge in [-0.2, -0.15) is 9.65 Å². The van der Waals surface area contributed by atoms with Crippen LogP contribution in [0.5, 0.6) is 0 Å². The third kappa shape index (κ3) is 3.60. The summed E-state index contributed by atoms with van der Waals surface area (Å²) in [5.74, 6) is -2.64. The Hall–Kier alpha value is -4.51. The number of carbonyl (C=O) groups is 1. The Bertz CT molecular complexity index is 1560. The number of nitrogen functional groups attached to an aromatic ring is 1. The van der Waals surface area contributed by atoms with Crippen LogP contribution in [-0.4, -0.2) is 21.6 Å². The molecule has 1 saturated carbocycles. The van der Waals surface area contributed by atoms with Crippen LogP contribution < -0.4 is 5.73 Å². The number of carboxylic acid groups (broad SMARTS) is 1. The standard InChI is InChI=1S/C28H22F2N4O2/c29-18-6-8-19(9-7-18)34-23-15-20(26(30)33)22(32)14-21(23)24(16-2-4-17(5-3-16)27(35)36)25(34)28(12-13-31)10-1-11-28/h2-9,14-15,33H,1,10-12,32H2,(H,35,36). The first kappa shape index (κ1) is 23.2. The van der Waals surface area contributed by atoms with Crippen molar-refractivity contribution < 1.29 is 18.7 Å². The number of nitrogens with zero attached hydrogens (tertiary/aromatic N) is 2. The zero-order valence-corrected chi connectivity index (χ0v) is 19.2. The molecule has 6 nitrogen and oxygen atoms in total. The molecule has 0 radical (unpaired) electrons. The first-order valence-electron chi connectivity index (χ1n) is 11.5. The number of fused-ring (bicyclic) bond motifs is 1. The van der Waals surface area contributed by atoms with Crippen LogP contribution >= 0.6 is 0 Å². The smallest absolute Gasteiger partial charge is 0.335 e. The minimum absolute atomic E-state index is 0.0642. The van der Waals surface area contributed by atoms with Crippen molar-refractivity contribution >= 4 is 28.5 Å². The average molecular weight is 485 g/mol. The normalized spacial score (nSPS) is 14.2. The summed E-state index contributed by atoms with van der Waals surface area (Å²) < 4.78 is 29.9. The van der Waals surface area contributed by atoms with Crippen molar-refractivity contribution in [1.29, 1.82) is 10.7 Å². The lowest BCUT2D eigenvalue weighted by Gasteiger charge is -2.42. The van der Waals surface area contributed by atoms with Gasteiger partial charge in [-0.3, -0.25) is 5.41 Å². The van der Waals surface area contributed by atoms with Crippen LogP contribution in [0.15, 0.2) is 60.7 Å². The maximum atomic E-state index is 14.1. The van der Waals surface area contributed by atoms with Gasteiger partial charge in [0.15, 0.2) is 0 Å². The molecule has 1 aliphatic rings. The Kier molecular flexibility index (Phi) is 5.56. The van der Waals surface area contributed by atoms with Gasteiger partial charge in [-0.15, -0.1) is 0 Å². The Morgan fingerprint density at radius 2 is 1.81 bits per heavy atom. The van der Waals surface area contributed by atoms with E-state index in [1.807, 2.05) is 4.57 Å². The van der Waals surface area contributed by atoms with Crippen molar-refractivity contribution in [3.8, 4) is 22.9 Å². The fourth-order valence-corrected chi connectivity index (χ4v) is 5.22. The molecular weight excluding hydrogens is 462 g/mol. The average Bonchev–Trinajstić information content (AvgIpc) is 3.15. The third-order valence-corrected chi connectivity index (χ3v) is 7.11. The lowest BCUT2D eigenvalue weighted by Crippen LogP contribution is -2.36. The maximum Gasteiger partial charge on any atom is 0.335 e. The maximum absolute atomic E-state index is 14.1. The largest absolute Gasteiger partial charge is 0.478 e. The van der Waals surface area contributed by atoms with Crippen molar-refractivity contribution in [3.05, 3.63) is 83.3 Å². The molecule has 0 bridgehead atoms. The summed E-state index contributed by atoms with van der Waals surface area (Å²) in [5.41, 5.74) is 9.26. The second kappa shape index (κ2) is 8.61. The van der Waals surface area contributed by atoms with Crippen LogP contribution in [0.3, 0.4) is 0 Å². The number of carboxylic acids is 1. The highest BCUT2D eigenvalue weighted by Crippen LogP contribution is 2.53. The number of nitriles is 1. The van der Waals surface area contributed by atoms with Crippen LogP contribution in [-0.2, 0) is 5.41 Å². The van der Waals surface area contributed by atoms with E-state index in [9.17, 15) is 23.9 Å². The van der Waals surface area contributed by atoms with Crippen molar-refractivity contribution in [1.82, 2.24) is 4.57 Å². The third-order valence-electron chi connectivity index (χ3n) is 7.11. The number of aromatic carboxylic acids is 1. The van der Waals surface area contributed by atoms with E-state index in [2.05, 4.69) is 6.07 Å². The fraction of sp³-hybridized carbons (Fsp3) is 0.179. The minimum atomic E-state index is -1.18. The van der Waals surface area contributed by atoms with Crippen molar-refractivity contribution in [3.63, 3.8) is 0 Å². The molecule has 1 fully saturated rings. The van der Waals surface area contributed by atoms with Crippen molar-refractivity contribution in [2.24, 2.45) is 0 Å². The van der Waals surface area contributed by atoms with Gasteiger partial charge < -0.3 is 15.4 Å². The van der Waals surface area contributed by atoms with E-state index in [0.717, 1.165) is 30.5 Å². The number of halogens is 2. The first-order chi connectivity index (χ1) is 17.3. The van der Waals surface area contributed by atoms with Gasteiger partial charge in [0.25, 0.3) is 0 Å². The number of nitrogens with one attached hydrogen (secondary N) is 1. The molecule has 0 amide bonds. The molecule has 1 heterocycles. The summed E-state index contributed by atoms with van der Waals surface area (Å²) in [6.07, 6.45) is 2.66. The number of anilines is 1. The van der Waals surface area contributed by atoms with Gasteiger partial charge in [0.05, 0.1) is 22.7 Å². The topological polar surface area (TPSA) is 116 Å². The van der Waals surface area contributed by atoms with E-state index >= 15 is 0 Å². The van der Waals surface area contributed by atoms with E-state index in [-0.39, 0.29) is 23.2 Å². The van der Waals surface area contributed by atoms with Gasteiger partial charge in [0.1, 0.15) is 5.82 Å². The molecule has 0 aliphatic heterocycles. The summed E-state index contributed by atoms with van der Waals surface area (Å²) in [6.45, 7) is 0. The number of hydrogen-bond donors (Lipinski definition) is 3. The fourth-order valence-electron chi connectivity index (χ4n) is 5.22. The van der Waals surface area contributed by atoms with Crippen LogP contribution in [0.1, 0.15) is 47.3 Å². The van der Waals surface area contributed by atoms with Gasteiger partial charge >= 0.3 is 5.97 Å². The summed E-state index contributed by atoms with van der Waals surface area (Å²) in [7, 11) is 0. The van der Waals surface area contributed by atoms with Gasteiger partial charge in [-0.25, -0.2) is 9.18 Å². The second-order valence-corrected chi connectivity index (χ2v) is 9.16. The van der Waals surface area contributed by atoms with Crippen LogP contribution in [0.25, 0.3) is 27.7 Å². The number of aromatic nitrogens is 1. The highest BCUT2D eigenvalue weighted by Gasteiger charge is 2.44. The van der Waals surface area contributed by atoms with E-state index in [1.165, 1.54) is 30.3 Å². The number of rotatable bonds is 6. The van der Waals surface area contributed by atoms with E-state index in [0.29, 0.717) is 22.2 Å². The van der Waals surface area contributed by atoms with Gasteiger partial charge in [0.2, 0.25) is 5.97 Å². The SMILES string of the molecule is N#CCC1(c2c(-c3ccc(C(=O)O)cc3)c3cc(N)c(C(=N)F)cc3n2-c2ccc(F)cc2)CCC1.